The number of hydrogen-bond donors (Lipinski definition) is 1. The smallest absolute Gasteiger partial charge is 0.390 e. The number of halogens is 3. The highest BCUT2D eigenvalue weighted by atomic mass is 19.4. The molecule has 1 heterocycles. The van der Waals surface area contributed by atoms with E-state index >= 15 is 0 Å². The van der Waals surface area contributed by atoms with Gasteiger partial charge in [0.05, 0.1) is 18.7 Å². The molecule has 0 aromatic carbocycles. The van der Waals surface area contributed by atoms with Gasteiger partial charge in [-0.25, -0.2) is 0 Å². The van der Waals surface area contributed by atoms with E-state index in [1.54, 1.807) is 0 Å². The molecule has 1 rings (SSSR count). The molecular formula is C10H14F3N3O2. The molecule has 0 saturated heterocycles. The molecule has 0 bridgehead atoms. The molecule has 1 aromatic heterocycles. The lowest BCUT2D eigenvalue weighted by atomic mass is 10.1. The van der Waals surface area contributed by atoms with E-state index in [2.05, 4.69) is 10.3 Å². The van der Waals surface area contributed by atoms with Crippen LogP contribution in [0.2, 0.25) is 0 Å². The van der Waals surface area contributed by atoms with Crippen molar-refractivity contribution in [3.05, 3.63) is 11.9 Å². The van der Waals surface area contributed by atoms with Crippen LogP contribution in [0.25, 0.3) is 0 Å². The number of unbranched alkanes of at least 4 members (excludes halogenated alkanes) is 1. The second-order valence-corrected chi connectivity index (χ2v) is 3.94. The first-order valence-corrected chi connectivity index (χ1v) is 5.54. The number of aromatic nitrogens is 3. The van der Waals surface area contributed by atoms with Crippen LogP contribution in [0.1, 0.15) is 31.4 Å². The summed E-state index contributed by atoms with van der Waals surface area (Å²) in [7, 11) is 0. The molecule has 0 aliphatic carbocycles. The summed E-state index contributed by atoms with van der Waals surface area (Å²) >= 11 is 0. The third-order valence-corrected chi connectivity index (χ3v) is 2.28. The number of carboxylic acid groups (broad SMARTS) is 1. The molecule has 0 unspecified atom stereocenters. The summed E-state index contributed by atoms with van der Waals surface area (Å²) in [6.07, 6.45) is -1.91. The highest BCUT2D eigenvalue weighted by Gasteiger charge is 2.26. The van der Waals surface area contributed by atoms with Crippen molar-refractivity contribution in [1.82, 2.24) is 15.0 Å². The van der Waals surface area contributed by atoms with Gasteiger partial charge in [-0.15, -0.1) is 5.10 Å². The first kappa shape index (κ1) is 14.5. The minimum absolute atomic E-state index is 0.0855. The van der Waals surface area contributed by atoms with Crippen molar-refractivity contribution in [3.63, 3.8) is 0 Å². The lowest BCUT2D eigenvalue weighted by Crippen LogP contribution is -2.12. The molecule has 18 heavy (non-hydrogen) atoms. The van der Waals surface area contributed by atoms with Crippen LogP contribution in [-0.4, -0.2) is 32.2 Å². The molecule has 0 radical (unpaired) electrons. The van der Waals surface area contributed by atoms with Gasteiger partial charge in [0, 0.05) is 12.6 Å². The van der Waals surface area contributed by atoms with E-state index in [4.69, 9.17) is 5.11 Å². The molecule has 0 aliphatic rings. The van der Waals surface area contributed by atoms with Crippen LogP contribution in [-0.2, 0) is 17.8 Å². The minimum Gasteiger partial charge on any atom is -0.481 e. The van der Waals surface area contributed by atoms with E-state index in [1.165, 1.54) is 6.20 Å². The lowest BCUT2D eigenvalue weighted by Gasteiger charge is -2.04. The first-order valence-electron chi connectivity index (χ1n) is 5.54. The monoisotopic (exact) mass is 265 g/mol. The Labute approximate surface area is 102 Å². The number of carboxylic acids is 1. The van der Waals surface area contributed by atoms with E-state index < -0.39 is 18.6 Å². The molecule has 0 saturated carbocycles. The largest absolute Gasteiger partial charge is 0.481 e. The summed E-state index contributed by atoms with van der Waals surface area (Å²) in [6, 6.07) is 0. The number of nitrogens with zero attached hydrogens (tertiary/aromatic N) is 3. The zero-order valence-electron chi connectivity index (χ0n) is 9.65. The van der Waals surface area contributed by atoms with E-state index in [1.807, 2.05) is 0 Å². The van der Waals surface area contributed by atoms with E-state index in [0.717, 1.165) is 4.68 Å². The average Bonchev–Trinajstić information content (AvgIpc) is 2.68. The van der Waals surface area contributed by atoms with Crippen molar-refractivity contribution in [2.24, 2.45) is 0 Å². The second-order valence-electron chi connectivity index (χ2n) is 3.94. The number of alkyl halides is 3. The fourth-order valence-electron chi connectivity index (χ4n) is 1.39. The molecule has 0 fully saturated rings. The van der Waals surface area contributed by atoms with Gasteiger partial charge in [0.2, 0.25) is 0 Å². The summed E-state index contributed by atoms with van der Waals surface area (Å²) in [5.74, 6) is -0.858. The quantitative estimate of drug-likeness (QED) is 0.766. The molecule has 1 aromatic rings. The van der Waals surface area contributed by atoms with Crippen molar-refractivity contribution in [2.75, 3.05) is 0 Å². The Bertz CT molecular complexity index is 390. The van der Waals surface area contributed by atoms with Crippen molar-refractivity contribution >= 4 is 5.97 Å². The molecule has 0 aliphatic heterocycles. The van der Waals surface area contributed by atoms with Crippen LogP contribution in [0.4, 0.5) is 13.2 Å². The van der Waals surface area contributed by atoms with Crippen LogP contribution in [0.3, 0.4) is 0 Å². The number of aryl methyl sites for hydroxylation is 2. The number of aliphatic carboxylic acids is 1. The topological polar surface area (TPSA) is 68.0 Å². The minimum atomic E-state index is -4.20. The maximum atomic E-state index is 12.0. The Morgan fingerprint density at radius 1 is 1.39 bits per heavy atom. The Morgan fingerprint density at radius 3 is 2.72 bits per heavy atom. The van der Waals surface area contributed by atoms with Gasteiger partial charge >= 0.3 is 12.1 Å². The van der Waals surface area contributed by atoms with Crippen molar-refractivity contribution < 1.29 is 23.1 Å². The zero-order chi connectivity index (χ0) is 13.6. The first-order chi connectivity index (χ1) is 8.37. The van der Waals surface area contributed by atoms with Gasteiger partial charge in [-0.3, -0.25) is 9.48 Å². The van der Waals surface area contributed by atoms with Gasteiger partial charge in [0.1, 0.15) is 0 Å². The summed E-state index contributed by atoms with van der Waals surface area (Å²) in [5, 5.41) is 15.7. The van der Waals surface area contributed by atoms with Crippen LogP contribution < -0.4 is 0 Å². The van der Waals surface area contributed by atoms with E-state index in [-0.39, 0.29) is 13.0 Å². The fourth-order valence-corrected chi connectivity index (χ4v) is 1.39. The highest BCUT2D eigenvalue weighted by Crippen LogP contribution is 2.19. The molecule has 0 amide bonds. The third kappa shape index (κ3) is 6.21. The normalized spacial score (nSPS) is 11.7. The van der Waals surface area contributed by atoms with Gasteiger partial charge < -0.3 is 5.11 Å². The van der Waals surface area contributed by atoms with Crippen LogP contribution in [0, 0.1) is 0 Å². The fraction of sp³-hybridized carbons (Fsp3) is 0.700. The number of carbonyl (C=O) groups is 1. The van der Waals surface area contributed by atoms with Gasteiger partial charge in [-0.2, -0.15) is 13.2 Å². The van der Waals surface area contributed by atoms with Crippen LogP contribution in [0.15, 0.2) is 6.20 Å². The molecular weight excluding hydrogens is 251 g/mol. The zero-order valence-corrected chi connectivity index (χ0v) is 9.65. The summed E-state index contributed by atoms with van der Waals surface area (Å²) in [4.78, 5) is 10.3. The number of rotatable bonds is 7. The van der Waals surface area contributed by atoms with Gasteiger partial charge in [0.25, 0.3) is 0 Å². The predicted octanol–water partition coefficient (Wildman–Crippen LogP) is 2.03. The predicted molar refractivity (Wildman–Crippen MR) is 55.9 cm³/mol. The lowest BCUT2D eigenvalue weighted by molar-refractivity contribution is -0.138. The second kappa shape index (κ2) is 6.36. The molecule has 102 valence electrons. The van der Waals surface area contributed by atoms with Gasteiger partial charge in [-0.05, 0) is 19.3 Å². The van der Waals surface area contributed by atoms with Crippen LogP contribution >= 0.6 is 0 Å². The highest BCUT2D eigenvalue weighted by molar-refractivity contribution is 5.66. The third-order valence-electron chi connectivity index (χ3n) is 2.28. The van der Waals surface area contributed by atoms with E-state index in [0.29, 0.717) is 25.0 Å². The number of hydrogen-bond acceptors (Lipinski definition) is 3. The van der Waals surface area contributed by atoms with Crippen molar-refractivity contribution in [1.29, 1.82) is 0 Å². The van der Waals surface area contributed by atoms with Crippen LogP contribution in [0.5, 0.6) is 0 Å². The summed E-state index contributed by atoms with van der Waals surface area (Å²) in [6.45, 7) is -0.244. The SMILES string of the molecule is O=C(O)CCCCc1cn(CCC(F)(F)F)nn1. The van der Waals surface area contributed by atoms with E-state index in [9.17, 15) is 18.0 Å². The summed E-state index contributed by atoms with van der Waals surface area (Å²) in [5.41, 5.74) is 0.586. The maximum Gasteiger partial charge on any atom is 0.390 e. The Kier molecular flexibility index (Phi) is 5.11. The maximum absolute atomic E-state index is 12.0. The molecule has 1 N–H and O–H groups in total. The Hall–Kier alpha value is -1.60. The van der Waals surface area contributed by atoms with Gasteiger partial charge in [-0.1, -0.05) is 5.21 Å². The Balaban J connectivity index is 2.28. The summed E-state index contributed by atoms with van der Waals surface area (Å²) < 4.78 is 37.0. The Morgan fingerprint density at radius 2 is 2.11 bits per heavy atom. The van der Waals surface area contributed by atoms with Crippen molar-refractivity contribution in [3.8, 4) is 0 Å². The molecule has 5 nitrogen and oxygen atoms in total. The van der Waals surface area contributed by atoms with Gasteiger partial charge in [0.15, 0.2) is 0 Å². The van der Waals surface area contributed by atoms with Crippen molar-refractivity contribution in [2.45, 2.75) is 44.8 Å². The average molecular weight is 265 g/mol. The molecule has 0 atom stereocenters. The molecule has 8 heteroatoms. The standard InChI is InChI=1S/C10H14F3N3O2/c11-10(12,13)5-6-16-7-8(14-15-16)3-1-2-4-9(17)18/h7H,1-6H2,(H,17,18). The molecule has 0 spiro atoms.